The fourth-order valence-corrected chi connectivity index (χ4v) is 5.63. The summed E-state index contributed by atoms with van der Waals surface area (Å²) in [5.41, 5.74) is 2.08. The maximum absolute atomic E-state index is 13.2. The van der Waals surface area contributed by atoms with Gasteiger partial charge in [0.25, 0.3) is 0 Å². The minimum absolute atomic E-state index is 0.0765. The highest BCUT2D eigenvalue weighted by Gasteiger charge is 2.42. The number of nitrogens with zero attached hydrogens (tertiary/aromatic N) is 1. The Morgan fingerprint density at radius 1 is 0.815 bits per heavy atom. The fourth-order valence-electron chi connectivity index (χ4n) is 3.68. The van der Waals surface area contributed by atoms with Crippen LogP contribution in [0.5, 0.6) is 0 Å². The molecule has 1 amide bonds. The second-order valence-electron chi connectivity index (χ2n) is 7.78. The van der Waals surface area contributed by atoms with Crippen LogP contribution in [0.3, 0.4) is 0 Å². The lowest BCUT2D eigenvalue weighted by atomic mass is 9.95. The van der Waals surface area contributed by atoms with Crippen LogP contribution < -0.4 is 0 Å². The van der Waals surface area contributed by atoms with Crippen LogP contribution in [-0.4, -0.2) is 32.5 Å². The summed E-state index contributed by atoms with van der Waals surface area (Å²) in [6.45, 7) is 8.13. The van der Waals surface area contributed by atoms with E-state index in [0.29, 0.717) is 0 Å². The standard InChI is InChI=1S/C22H29NO3Si/c1-16-20(18-12-8-6-9-13-18)25-27(4,5)26-21(17(2)23(3)22(16)24)19-14-10-7-11-15-19/h6-17,20-21H,1-5H3/t16-,17-,20+,21+/m0/s1. The molecule has 1 aliphatic heterocycles. The number of carbonyl (C=O) groups excluding carboxylic acids is 1. The monoisotopic (exact) mass is 383 g/mol. The van der Waals surface area contributed by atoms with Gasteiger partial charge in [-0.25, -0.2) is 0 Å². The second kappa shape index (κ2) is 7.96. The molecule has 0 saturated carbocycles. The quantitative estimate of drug-likeness (QED) is 0.706. The van der Waals surface area contributed by atoms with E-state index in [1.54, 1.807) is 0 Å². The van der Waals surface area contributed by atoms with E-state index in [-0.39, 0.29) is 30.1 Å². The molecule has 2 aromatic rings. The molecule has 0 spiro atoms. The zero-order valence-electron chi connectivity index (χ0n) is 16.8. The van der Waals surface area contributed by atoms with Gasteiger partial charge in [0.1, 0.15) is 0 Å². The SMILES string of the molecule is C[C@@H]1C(=O)N(C)[C@@H](C)[C@H](c2ccccc2)O[Si](C)(C)O[C@H]1c1ccccc1. The van der Waals surface area contributed by atoms with E-state index < -0.39 is 8.56 Å². The molecule has 3 rings (SSSR count). The van der Waals surface area contributed by atoms with E-state index in [1.807, 2.05) is 67.4 Å². The van der Waals surface area contributed by atoms with Crippen molar-refractivity contribution in [1.82, 2.24) is 4.90 Å². The van der Waals surface area contributed by atoms with Crippen molar-refractivity contribution in [1.29, 1.82) is 0 Å². The molecule has 1 heterocycles. The van der Waals surface area contributed by atoms with Gasteiger partial charge in [-0.3, -0.25) is 4.79 Å². The van der Waals surface area contributed by atoms with Crippen LogP contribution in [0.1, 0.15) is 37.2 Å². The average molecular weight is 384 g/mol. The van der Waals surface area contributed by atoms with Crippen molar-refractivity contribution in [2.75, 3.05) is 7.05 Å². The first kappa shape index (κ1) is 19.8. The maximum Gasteiger partial charge on any atom is 0.332 e. The number of carbonyl (C=O) groups is 1. The molecule has 0 radical (unpaired) electrons. The third-order valence-corrected chi connectivity index (χ3v) is 6.96. The summed E-state index contributed by atoms with van der Waals surface area (Å²) < 4.78 is 13.1. The molecule has 5 heteroatoms. The summed E-state index contributed by atoms with van der Waals surface area (Å²) in [6, 6.07) is 20.0. The Bertz CT molecular complexity index is 766. The Morgan fingerprint density at radius 3 is 1.78 bits per heavy atom. The molecule has 27 heavy (non-hydrogen) atoms. The highest BCUT2D eigenvalue weighted by Crippen LogP contribution is 2.37. The van der Waals surface area contributed by atoms with E-state index in [1.165, 1.54) is 0 Å². The summed E-state index contributed by atoms with van der Waals surface area (Å²) >= 11 is 0. The van der Waals surface area contributed by atoms with E-state index in [2.05, 4.69) is 32.2 Å². The van der Waals surface area contributed by atoms with Gasteiger partial charge in [0.2, 0.25) is 5.91 Å². The highest BCUT2D eigenvalue weighted by molar-refractivity contribution is 6.64. The molecule has 1 saturated heterocycles. The smallest absolute Gasteiger partial charge is 0.332 e. The van der Waals surface area contributed by atoms with Crippen molar-refractivity contribution >= 4 is 14.5 Å². The minimum atomic E-state index is -2.52. The molecule has 1 aliphatic rings. The van der Waals surface area contributed by atoms with Crippen molar-refractivity contribution in [3.05, 3.63) is 71.8 Å². The number of amides is 1. The summed E-state index contributed by atoms with van der Waals surface area (Å²) in [7, 11) is -0.653. The summed E-state index contributed by atoms with van der Waals surface area (Å²) in [5, 5.41) is 0. The normalized spacial score (nSPS) is 28.9. The van der Waals surface area contributed by atoms with Crippen molar-refractivity contribution in [2.24, 2.45) is 5.92 Å². The van der Waals surface area contributed by atoms with Crippen LogP contribution in [0.15, 0.2) is 60.7 Å². The zero-order chi connectivity index (χ0) is 19.6. The molecule has 0 bridgehead atoms. The molecule has 1 fully saturated rings. The van der Waals surface area contributed by atoms with E-state index >= 15 is 0 Å². The predicted octanol–water partition coefficient (Wildman–Crippen LogP) is 4.70. The van der Waals surface area contributed by atoms with Crippen molar-refractivity contribution in [3.8, 4) is 0 Å². The van der Waals surface area contributed by atoms with Crippen molar-refractivity contribution in [3.63, 3.8) is 0 Å². The first-order valence-corrected chi connectivity index (χ1v) is 12.3. The van der Waals surface area contributed by atoms with Gasteiger partial charge >= 0.3 is 8.56 Å². The third-order valence-electron chi connectivity index (χ3n) is 5.32. The van der Waals surface area contributed by atoms with Crippen LogP contribution in [-0.2, 0) is 13.6 Å². The first-order chi connectivity index (χ1) is 12.8. The van der Waals surface area contributed by atoms with Gasteiger partial charge in [0.05, 0.1) is 24.2 Å². The molecule has 144 valence electrons. The van der Waals surface area contributed by atoms with Gasteiger partial charge in [-0.1, -0.05) is 67.6 Å². The molecule has 0 aromatic heterocycles. The predicted molar refractivity (Wildman–Crippen MR) is 109 cm³/mol. The Labute approximate surface area is 163 Å². The fraction of sp³-hybridized carbons (Fsp3) is 0.409. The van der Waals surface area contributed by atoms with E-state index in [0.717, 1.165) is 11.1 Å². The second-order valence-corrected chi connectivity index (χ2v) is 11.0. The molecule has 4 atom stereocenters. The lowest BCUT2D eigenvalue weighted by molar-refractivity contribution is -0.139. The summed E-state index contributed by atoms with van der Waals surface area (Å²) in [5.74, 6) is -0.211. The van der Waals surface area contributed by atoms with Crippen molar-refractivity contribution < 1.29 is 13.6 Å². The zero-order valence-corrected chi connectivity index (χ0v) is 17.8. The Hall–Kier alpha value is -1.95. The summed E-state index contributed by atoms with van der Waals surface area (Å²) in [4.78, 5) is 15.1. The Balaban J connectivity index is 2.03. The molecule has 4 nitrogen and oxygen atoms in total. The molecular weight excluding hydrogens is 354 g/mol. The van der Waals surface area contributed by atoms with Crippen LogP contribution in [0, 0.1) is 5.92 Å². The number of benzene rings is 2. The lowest BCUT2D eigenvalue weighted by Crippen LogP contribution is -2.43. The van der Waals surface area contributed by atoms with E-state index in [9.17, 15) is 4.79 Å². The topological polar surface area (TPSA) is 38.8 Å². The summed E-state index contributed by atoms with van der Waals surface area (Å²) in [6.07, 6.45) is -0.534. The molecule has 0 unspecified atom stereocenters. The average Bonchev–Trinajstić information content (AvgIpc) is 2.71. The van der Waals surface area contributed by atoms with Gasteiger partial charge < -0.3 is 13.8 Å². The minimum Gasteiger partial charge on any atom is -0.386 e. The Kier molecular flexibility index (Phi) is 5.84. The van der Waals surface area contributed by atoms with Gasteiger partial charge in [-0.05, 0) is 31.1 Å². The Morgan fingerprint density at radius 2 is 1.26 bits per heavy atom. The number of rotatable bonds is 2. The van der Waals surface area contributed by atoms with Crippen LogP contribution >= 0.6 is 0 Å². The van der Waals surface area contributed by atoms with Crippen LogP contribution in [0.4, 0.5) is 0 Å². The molecule has 2 aromatic carbocycles. The number of likely N-dealkylation sites (N-methyl/N-ethyl adjacent to an activating group) is 1. The van der Waals surface area contributed by atoms with Crippen LogP contribution in [0.2, 0.25) is 13.1 Å². The highest BCUT2D eigenvalue weighted by atomic mass is 28.4. The molecule has 0 aliphatic carbocycles. The third kappa shape index (κ3) is 4.31. The molecule has 0 N–H and O–H groups in total. The van der Waals surface area contributed by atoms with Gasteiger partial charge in [-0.2, -0.15) is 0 Å². The first-order valence-electron chi connectivity index (χ1n) is 9.52. The van der Waals surface area contributed by atoms with Gasteiger partial charge in [-0.15, -0.1) is 0 Å². The van der Waals surface area contributed by atoms with Gasteiger partial charge in [0, 0.05) is 7.05 Å². The number of hydrogen-bond acceptors (Lipinski definition) is 3. The van der Waals surface area contributed by atoms with Crippen LogP contribution in [0.25, 0.3) is 0 Å². The molecular formula is C22H29NO3Si. The lowest BCUT2D eigenvalue weighted by Gasteiger charge is -2.35. The van der Waals surface area contributed by atoms with Crippen molar-refractivity contribution in [2.45, 2.75) is 45.2 Å². The van der Waals surface area contributed by atoms with Gasteiger partial charge in [0.15, 0.2) is 0 Å². The van der Waals surface area contributed by atoms with E-state index in [4.69, 9.17) is 8.85 Å². The number of hydrogen-bond donors (Lipinski definition) is 0. The largest absolute Gasteiger partial charge is 0.386 e. The maximum atomic E-state index is 13.2.